The second-order valence-corrected chi connectivity index (χ2v) is 7.34. The van der Waals surface area contributed by atoms with Gasteiger partial charge in [0.15, 0.2) is 5.82 Å². The first-order valence-electron chi connectivity index (χ1n) is 7.73. The van der Waals surface area contributed by atoms with E-state index in [1.807, 2.05) is 13.1 Å². The monoisotopic (exact) mass is 321 g/mol. The van der Waals surface area contributed by atoms with E-state index >= 15 is 0 Å². The average Bonchev–Trinajstić information content (AvgIpc) is 3.08. The Morgan fingerprint density at radius 1 is 1.45 bits per heavy atom. The van der Waals surface area contributed by atoms with Crippen molar-refractivity contribution < 1.29 is 4.52 Å². The van der Waals surface area contributed by atoms with Crippen molar-refractivity contribution in [1.29, 1.82) is 0 Å². The Morgan fingerprint density at radius 2 is 2.32 bits per heavy atom. The number of piperidine rings is 1. The van der Waals surface area contributed by atoms with Gasteiger partial charge in [-0.25, -0.2) is 4.98 Å². The molecule has 0 N–H and O–H groups in total. The standard InChI is InChI=1S/C15H23N5OS/c1-11-17-15(18-21-11)10-20-6-4-5-13(8-20)19(3)9-14-7-16-12(2)22-14/h7,13H,4-6,8-10H2,1-3H3/t13-/m0/s1. The van der Waals surface area contributed by atoms with Crippen LogP contribution in [0, 0.1) is 13.8 Å². The molecule has 3 heterocycles. The highest BCUT2D eigenvalue weighted by molar-refractivity contribution is 7.11. The minimum Gasteiger partial charge on any atom is -0.340 e. The number of thiazole rings is 1. The zero-order valence-corrected chi connectivity index (χ0v) is 14.3. The van der Waals surface area contributed by atoms with Gasteiger partial charge in [0.25, 0.3) is 0 Å². The number of hydrogen-bond acceptors (Lipinski definition) is 7. The second kappa shape index (κ2) is 6.85. The van der Waals surface area contributed by atoms with Crippen LogP contribution in [0.2, 0.25) is 0 Å². The van der Waals surface area contributed by atoms with E-state index in [1.54, 1.807) is 11.3 Å². The van der Waals surface area contributed by atoms with E-state index in [0.717, 1.165) is 37.0 Å². The molecule has 22 heavy (non-hydrogen) atoms. The molecule has 0 amide bonds. The summed E-state index contributed by atoms with van der Waals surface area (Å²) in [6, 6.07) is 0.573. The summed E-state index contributed by atoms with van der Waals surface area (Å²) in [6.07, 6.45) is 4.46. The van der Waals surface area contributed by atoms with Crippen LogP contribution in [0.15, 0.2) is 10.7 Å². The van der Waals surface area contributed by atoms with E-state index in [9.17, 15) is 0 Å². The van der Waals surface area contributed by atoms with Crippen LogP contribution < -0.4 is 0 Å². The third-order valence-electron chi connectivity index (χ3n) is 4.11. The van der Waals surface area contributed by atoms with Gasteiger partial charge in [0.1, 0.15) is 0 Å². The van der Waals surface area contributed by atoms with E-state index in [1.165, 1.54) is 17.7 Å². The lowest BCUT2D eigenvalue weighted by molar-refractivity contribution is 0.105. The predicted molar refractivity (Wildman–Crippen MR) is 85.7 cm³/mol. The van der Waals surface area contributed by atoms with Gasteiger partial charge < -0.3 is 4.52 Å². The van der Waals surface area contributed by atoms with Crippen molar-refractivity contribution in [1.82, 2.24) is 24.9 Å². The van der Waals surface area contributed by atoms with Crippen molar-refractivity contribution >= 4 is 11.3 Å². The van der Waals surface area contributed by atoms with Crippen LogP contribution in [0.4, 0.5) is 0 Å². The number of nitrogens with zero attached hydrogens (tertiary/aromatic N) is 5. The molecule has 7 heteroatoms. The van der Waals surface area contributed by atoms with Crippen LogP contribution in [0.1, 0.15) is 34.4 Å². The maximum atomic E-state index is 5.06. The van der Waals surface area contributed by atoms with E-state index in [4.69, 9.17) is 4.52 Å². The highest BCUT2D eigenvalue weighted by atomic mass is 32.1. The molecule has 1 atom stereocenters. The number of hydrogen-bond donors (Lipinski definition) is 0. The number of rotatable bonds is 5. The third kappa shape index (κ3) is 3.91. The molecule has 3 rings (SSSR count). The Bertz CT molecular complexity index is 570. The molecule has 0 aromatic carbocycles. The van der Waals surface area contributed by atoms with E-state index in [-0.39, 0.29) is 0 Å². The van der Waals surface area contributed by atoms with Gasteiger partial charge in [-0.3, -0.25) is 9.80 Å². The molecule has 0 radical (unpaired) electrons. The Labute approximate surface area is 135 Å². The number of aromatic nitrogens is 3. The SMILES string of the molecule is Cc1nc(CN2CCC[C@H](N(C)Cc3cnc(C)s3)C2)no1. The summed E-state index contributed by atoms with van der Waals surface area (Å²) < 4.78 is 5.06. The summed E-state index contributed by atoms with van der Waals surface area (Å²) in [4.78, 5) is 14.9. The average molecular weight is 321 g/mol. The maximum absolute atomic E-state index is 5.06. The molecule has 0 unspecified atom stereocenters. The Hall–Kier alpha value is -1.31. The lowest BCUT2D eigenvalue weighted by Crippen LogP contribution is -2.45. The van der Waals surface area contributed by atoms with Crippen molar-refractivity contribution in [3.05, 3.63) is 27.8 Å². The first kappa shape index (κ1) is 15.6. The van der Waals surface area contributed by atoms with E-state index in [0.29, 0.717) is 11.9 Å². The summed E-state index contributed by atoms with van der Waals surface area (Å²) in [7, 11) is 2.21. The summed E-state index contributed by atoms with van der Waals surface area (Å²) in [5, 5.41) is 5.14. The van der Waals surface area contributed by atoms with E-state index in [2.05, 4.69) is 38.9 Å². The van der Waals surface area contributed by atoms with Crippen molar-refractivity contribution in [3.63, 3.8) is 0 Å². The quantitative estimate of drug-likeness (QED) is 0.842. The first-order valence-corrected chi connectivity index (χ1v) is 8.55. The fraction of sp³-hybridized carbons (Fsp3) is 0.667. The molecule has 0 bridgehead atoms. The van der Waals surface area contributed by atoms with Crippen LogP contribution in [0.3, 0.4) is 0 Å². The van der Waals surface area contributed by atoms with Gasteiger partial charge >= 0.3 is 0 Å². The molecule has 2 aromatic heterocycles. The molecule has 6 nitrogen and oxygen atoms in total. The maximum Gasteiger partial charge on any atom is 0.223 e. The summed E-state index contributed by atoms with van der Waals surface area (Å²) >= 11 is 1.79. The summed E-state index contributed by atoms with van der Waals surface area (Å²) in [6.45, 7) is 7.82. The van der Waals surface area contributed by atoms with Gasteiger partial charge in [0.2, 0.25) is 5.89 Å². The molecule has 0 aliphatic carbocycles. The Kier molecular flexibility index (Phi) is 4.85. The van der Waals surface area contributed by atoms with Crippen LogP contribution in [-0.2, 0) is 13.1 Å². The van der Waals surface area contributed by atoms with Crippen molar-refractivity contribution in [2.45, 2.75) is 45.8 Å². The molecule has 1 saturated heterocycles. The van der Waals surface area contributed by atoms with Gasteiger partial charge in [-0.05, 0) is 33.4 Å². The van der Waals surface area contributed by atoms with Crippen LogP contribution >= 0.6 is 11.3 Å². The van der Waals surface area contributed by atoms with Gasteiger partial charge in [-0.15, -0.1) is 11.3 Å². The smallest absolute Gasteiger partial charge is 0.223 e. The molecular weight excluding hydrogens is 298 g/mol. The van der Waals surface area contributed by atoms with Crippen LogP contribution in [0.25, 0.3) is 0 Å². The molecule has 0 saturated carbocycles. The molecule has 120 valence electrons. The number of likely N-dealkylation sites (tertiary alicyclic amines) is 1. The summed E-state index contributed by atoms with van der Waals surface area (Å²) in [5.74, 6) is 1.43. The fourth-order valence-electron chi connectivity index (χ4n) is 2.99. The third-order valence-corrected chi connectivity index (χ3v) is 5.01. The highest BCUT2D eigenvalue weighted by Crippen LogP contribution is 2.20. The highest BCUT2D eigenvalue weighted by Gasteiger charge is 2.24. The van der Waals surface area contributed by atoms with Gasteiger partial charge in [-0.1, -0.05) is 5.16 Å². The minimum atomic E-state index is 0.573. The lowest BCUT2D eigenvalue weighted by atomic mass is 10.0. The fourth-order valence-corrected chi connectivity index (χ4v) is 3.85. The Balaban J connectivity index is 1.55. The topological polar surface area (TPSA) is 58.3 Å². The van der Waals surface area contributed by atoms with Crippen molar-refractivity contribution in [2.24, 2.45) is 0 Å². The lowest BCUT2D eigenvalue weighted by Gasteiger charge is -2.37. The van der Waals surface area contributed by atoms with Crippen molar-refractivity contribution in [2.75, 3.05) is 20.1 Å². The van der Waals surface area contributed by atoms with Crippen LogP contribution in [-0.4, -0.2) is 51.1 Å². The minimum absolute atomic E-state index is 0.573. The van der Waals surface area contributed by atoms with E-state index < -0.39 is 0 Å². The second-order valence-electron chi connectivity index (χ2n) is 6.02. The molecule has 1 fully saturated rings. The normalized spacial score (nSPS) is 19.9. The van der Waals surface area contributed by atoms with Gasteiger partial charge in [0, 0.05) is 37.1 Å². The number of likely N-dealkylation sites (N-methyl/N-ethyl adjacent to an activating group) is 1. The zero-order valence-electron chi connectivity index (χ0n) is 13.4. The van der Waals surface area contributed by atoms with Crippen LogP contribution in [0.5, 0.6) is 0 Å². The Morgan fingerprint density at radius 3 is 3.00 bits per heavy atom. The molecule has 1 aliphatic rings. The van der Waals surface area contributed by atoms with Gasteiger partial charge in [-0.2, -0.15) is 4.98 Å². The molecular formula is C15H23N5OS. The summed E-state index contributed by atoms with van der Waals surface area (Å²) in [5.41, 5.74) is 0. The molecule has 1 aliphatic heterocycles. The number of aryl methyl sites for hydroxylation is 2. The zero-order chi connectivity index (χ0) is 15.5. The molecule has 0 spiro atoms. The van der Waals surface area contributed by atoms with Gasteiger partial charge in [0.05, 0.1) is 11.6 Å². The molecule has 2 aromatic rings. The first-order chi connectivity index (χ1) is 10.6. The largest absolute Gasteiger partial charge is 0.340 e. The predicted octanol–water partition coefficient (Wildman–Crippen LogP) is 2.24. The van der Waals surface area contributed by atoms with Crippen molar-refractivity contribution in [3.8, 4) is 0 Å².